The van der Waals surface area contributed by atoms with Crippen molar-refractivity contribution in [2.45, 2.75) is 6.04 Å². The van der Waals surface area contributed by atoms with Crippen LogP contribution in [0, 0.1) is 0 Å². The Morgan fingerprint density at radius 2 is 1.72 bits per heavy atom. The van der Waals surface area contributed by atoms with Gasteiger partial charge in [-0.1, -0.05) is 36.4 Å². The molecule has 94 valence electrons. The molecule has 0 unspecified atom stereocenters. The molecular formula is C13H14N2O2S. The van der Waals surface area contributed by atoms with Crippen molar-refractivity contribution in [3.63, 3.8) is 0 Å². The Kier molecular flexibility index (Phi) is 3.74. The molecule has 0 aliphatic rings. The third-order valence-corrected chi connectivity index (χ3v) is 3.15. The minimum atomic E-state index is -3.30. The van der Waals surface area contributed by atoms with Gasteiger partial charge in [0.15, 0.2) is 0 Å². The quantitative estimate of drug-likeness (QED) is 0.912. The van der Waals surface area contributed by atoms with Gasteiger partial charge >= 0.3 is 0 Å². The minimum Gasteiger partial charge on any atom is -0.264 e. The van der Waals surface area contributed by atoms with Crippen molar-refractivity contribution in [1.29, 1.82) is 0 Å². The van der Waals surface area contributed by atoms with Gasteiger partial charge in [-0.15, -0.1) is 0 Å². The van der Waals surface area contributed by atoms with E-state index in [1.54, 1.807) is 18.5 Å². The van der Waals surface area contributed by atoms with Crippen molar-refractivity contribution in [1.82, 2.24) is 9.71 Å². The van der Waals surface area contributed by atoms with Gasteiger partial charge in [0.05, 0.1) is 12.3 Å². The largest absolute Gasteiger partial charge is 0.264 e. The number of aromatic nitrogens is 1. The molecule has 0 aliphatic carbocycles. The second-order valence-corrected chi connectivity index (χ2v) is 5.80. The Morgan fingerprint density at radius 3 is 2.28 bits per heavy atom. The van der Waals surface area contributed by atoms with Crippen LogP contribution < -0.4 is 4.72 Å². The molecular weight excluding hydrogens is 248 g/mol. The van der Waals surface area contributed by atoms with E-state index in [4.69, 9.17) is 0 Å². The normalized spacial score (nSPS) is 13.2. The van der Waals surface area contributed by atoms with E-state index >= 15 is 0 Å². The smallest absolute Gasteiger partial charge is 0.209 e. The standard InChI is InChI=1S/C13H14N2O2S/c1-18(16,17)15-13(11-6-3-2-4-7-11)12-8-5-9-14-10-12/h2-10,13,15H,1H3/t13-/m1/s1. The lowest BCUT2D eigenvalue weighted by atomic mass is 10.0. The Hall–Kier alpha value is -1.72. The molecule has 1 N–H and O–H groups in total. The van der Waals surface area contributed by atoms with Gasteiger partial charge in [-0.05, 0) is 17.2 Å². The molecule has 0 fully saturated rings. The zero-order chi connectivity index (χ0) is 13.0. The van der Waals surface area contributed by atoms with Gasteiger partial charge in [-0.25, -0.2) is 13.1 Å². The van der Waals surface area contributed by atoms with E-state index in [0.717, 1.165) is 17.4 Å². The molecule has 1 atom stereocenters. The molecule has 0 amide bonds. The van der Waals surface area contributed by atoms with Crippen molar-refractivity contribution in [2.24, 2.45) is 0 Å². The van der Waals surface area contributed by atoms with Gasteiger partial charge in [0.2, 0.25) is 10.0 Å². The van der Waals surface area contributed by atoms with Gasteiger partial charge in [0.25, 0.3) is 0 Å². The van der Waals surface area contributed by atoms with Gasteiger partial charge in [0.1, 0.15) is 0 Å². The lowest BCUT2D eigenvalue weighted by molar-refractivity contribution is 0.578. The van der Waals surface area contributed by atoms with Crippen LogP contribution in [-0.2, 0) is 10.0 Å². The first-order valence-electron chi connectivity index (χ1n) is 5.48. The van der Waals surface area contributed by atoms with Crippen LogP contribution in [0.5, 0.6) is 0 Å². The second kappa shape index (κ2) is 5.29. The molecule has 5 heteroatoms. The SMILES string of the molecule is CS(=O)(=O)N[C@H](c1ccccc1)c1cccnc1. The molecule has 0 bridgehead atoms. The van der Waals surface area contributed by atoms with E-state index in [2.05, 4.69) is 9.71 Å². The highest BCUT2D eigenvalue weighted by Crippen LogP contribution is 2.21. The van der Waals surface area contributed by atoms with Crippen LogP contribution in [0.3, 0.4) is 0 Å². The third kappa shape index (κ3) is 3.38. The fourth-order valence-corrected chi connectivity index (χ4v) is 2.44. The molecule has 1 heterocycles. The summed E-state index contributed by atoms with van der Waals surface area (Å²) in [6.07, 6.45) is 4.47. The Balaban J connectivity index is 2.42. The summed E-state index contributed by atoms with van der Waals surface area (Å²) < 4.78 is 25.5. The number of hydrogen-bond donors (Lipinski definition) is 1. The zero-order valence-corrected chi connectivity index (χ0v) is 10.8. The average Bonchev–Trinajstić information content (AvgIpc) is 2.37. The Bertz CT molecular complexity index is 558. The molecule has 2 rings (SSSR count). The number of pyridine rings is 1. The fraction of sp³-hybridized carbons (Fsp3) is 0.154. The molecule has 2 aromatic rings. The minimum absolute atomic E-state index is 0.408. The first kappa shape index (κ1) is 12.7. The van der Waals surface area contributed by atoms with Crippen LogP contribution in [0.4, 0.5) is 0 Å². The van der Waals surface area contributed by atoms with Crippen LogP contribution in [0.2, 0.25) is 0 Å². The third-order valence-electron chi connectivity index (χ3n) is 2.48. The van der Waals surface area contributed by atoms with Crippen LogP contribution in [0.15, 0.2) is 54.9 Å². The summed E-state index contributed by atoms with van der Waals surface area (Å²) in [6, 6.07) is 12.6. The number of benzene rings is 1. The van der Waals surface area contributed by atoms with E-state index in [1.807, 2.05) is 36.4 Å². The summed E-state index contributed by atoms with van der Waals surface area (Å²) in [4.78, 5) is 4.03. The fourth-order valence-electron chi connectivity index (χ4n) is 1.73. The molecule has 0 radical (unpaired) electrons. The predicted molar refractivity (Wildman–Crippen MR) is 70.5 cm³/mol. The Labute approximate surface area is 107 Å². The summed E-state index contributed by atoms with van der Waals surface area (Å²) in [5, 5.41) is 0. The maximum atomic E-state index is 11.5. The van der Waals surface area contributed by atoms with Crippen LogP contribution in [-0.4, -0.2) is 19.7 Å². The topological polar surface area (TPSA) is 59.1 Å². The zero-order valence-electron chi connectivity index (χ0n) is 9.95. The van der Waals surface area contributed by atoms with E-state index in [0.29, 0.717) is 0 Å². The first-order valence-corrected chi connectivity index (χ1v) is 7.37. The van der Waals surface area contributed by atoms with Crippen molar-refractivity contribution < 1.29 is 8.42 Å². The van der Waals surface area contributed by atoms with Gasteiger partial charge in [-0.3, -0.25) is 4.98 Å². The molecule has 0 saturated carbocycles. The number of hydrogen-bond acceptors (Lipinski definition) is 3. The summed E-state index contributed by atoms with van der Waals surface area (Å²) in [5.41, 5.74) is 1.70. The van der Waals surface area contributed by atoms with Crippen molar-refractivity contribution >= 4 is 10.0 Å². The van der Waals surface area contributed by atoms with E-state index in [1.165, 1.54) is 0 Å². The van der Waals surface area contributed by atoms with E-state index < -0.39 is 16.1 Å². The van der Waals surface area contributed by atoms with Crippen LogP contribution in [0.25, 0.3) is 0 Å². The summed E-state index contributed by atoms with van der Waals surface area (Å²) >= 11 is 0. The molecule has 1 aromatic carbocycles. The molecule has 18 heavy (non-hydrogen) atoms. The van der Waals surface area contributed by atoms with E-state index in [-0.39, 0.29) is 0 Å². The summed E-state index contributed by atoms with van der Waals surface area (Å²) in [6.45, 7) is 0. The molecule has 0 aliphatic heterocycles. The lowest BCUT2D eigenvalue weighted by Gasteiger charge is -2.17. The maximum absolute atomic E-state index is 11.5. The second-order valence-electron chi connectivity index (χ2n) is 4.02. The van der Waals surface area contributed by atoms with Crippen molar-refractivity contribution in [3.05, 3.63) is 66.0 Å². The monoisotopic (exact) mass is 262 g/mol. The summed E-state index contributed by atoms with van der Waals surface area (Å²) in [7, 11) is -3.30. The van der Waals surface area contributed by atoms with Gasteiger partial charge in [-0.2, -0.15) is 0 Å². The molecule has 0 spiro atoms. The number of rotatable bonds is 4. The van der Waals surface area contributed by atoms with Crippen LogP contribution >= 0.6 is 0 Å². The highest BCUT2D eigenvalue weighted by Gasteiger charge is 2.17. The highest BCUT2D eigenvalue weighted by molar-refractivity contribution is 7.88. The summed E-state index contributed by atoms with van der Waals surface area (Å²) in [5.74, 6) is 0. The number of nitrogens with zero attached hydrogens (tertiary/aromatic N) is 1. The Morgan fingerprint density at radius 1 is 1.06 bits per heavy atom. The number of sulfonamides is 1. The molecule has 1 aromatic heterocycles. The highest BCUT2D eigenvalue weighted by atomic mass is 32.2. The average molecular weight is 262 g/mol. The van der Waals surface area contributed by atoms with Crippen molar-refractivity contribution in [3.8, 4) is 0 Å². The lowest BCUT2D eigenvalue weighted by Crippen LogP contribution is -2.28. The number of nitrogens with one attached hydrogen (secondary N) is 1. The van der Waals surface area contributed by atoms with E-state index in [9.17, 15) is 8.42 Å². The molecule has 0 saturated heterocycles. The van der Waals surface area contributed by atoms with Gasteiger partial charge in [0, 0.05) is 12.4 Å². The van der Waals surface area contributed by atoms with Crippen LogP contribution in [0.1, 0.15) is 17.2 Å². The first-order chi connectivity index (χ1) is 8.56. The molecule has 4 nitrogen and oxygen atoms in total. The predicted octanol–water partition coefficient (Wildman–Crippen LogP) is 1.72. The maximum Gasteiger partial charge on any atom is 0.209 e. The van der Waals surface area contributed by atoms with Gasteiger partial charge < -0.3 is 0 Å². The van der Waals surface area contributed by atoms with Crippen molar-refractivity contribution in [2.75, 3.05) is 6.26 Å².